The quantitative estimate of drug-likeness (QED) is 0.650. The summed E-state index contributed by atoms with van der Waals surface area (Å²) in [5, 5.41) is 5.27. The first-order valence-corrected chi connectivity index (χ1v) is 6.20. The molecule has 0 aliphatic heterocycles. The van der Waals surface area contributed by atoms with Crippen LogP contribution < -0.4 is 0 Å². The zero-order valence-electron chi connectivity index (χ0n) is 10.6. The first-order valence-electron chi connectivity index (χ1n) is 6.20. The molecule has 90 valence electrons. The van der Waals surface area contributed by atoms with Crippen LogP contribution in [-0.4, -0.2) is 5.16 Å². The van der Waals surface area contributed by atoms with Gasteiger partial charge in [0.25, 0.3) is 0 Å². The molecule has 2 nitrogen and oxygen atoms in total. The number of benzene rings is 2. The number of hydrogen-bond donors (Lipinski definition) is 0. The van der Waals surface area contributed by atoms with E-state index in [1.54, 1.807) is 0 Å². The maximum Gasteiger partial charge on any atom is 0.167 e. The molecule has 0 saturated carbocycles. The molecule has 2 heteroatoms. The van der Waals surface area contributed by atoms with Crippen LogP contribution in [0.15, 0.2) is 53.1 Å². The second-order valence-electron chi connectivity index (χ2n) is 4.81. The van der Waals surface area contributed by atoms with Crippen LogP contribution in [0, 0.1) is 0 Å². The molecule has 0 saturated heterocycles. The van der Waals surface area contributed by atoms with E-state index in [-0.39, 0.29) is 0 Å². The smallest absolute Gasteiger partial charge is 0.167 e. The Morgan fingerprint density at radius 3 is 2.50 bits per heavy atom. The molecule has 0 fully saturated rings. The second kappa shape index (κ2) is 4.30. The molecule has 0 radical (unpaired) electrons. The molecule has 1 aromatic heterocycles. The average Bonchev–Trinajstić information content (AvgIpc) is 2.82. The number of aromatic nitrogens is 1. The maximum atomic E-state index is 5.44. The highest BCUT2D eigenvalue weighted by Gasteiger charge is 2.11. The Kier molecular flexibility index (Phi) is 2.63. The average molecular weight is 237 g/mol. The van der Waals surface area contributed by atoms with Crippen LogP contribution in [0.4, 0.5) is 0 Å². The van der Waals surface area contributed by atoms with E-state index in [1.165, 1.54) is 5.56 Å². The predicted molar refractivity (Wildman–Crippen MR) is 73.5 cm³/mol. The van der Waals surface area contributed by atoms with Crippen LogP contribution in [0.3, 0.4) is 0 Å². The van der Waals surface area contributed by atoms with Crippen molar-refractivity contribution in [1.82, 2.24) is 5.16 Å². The minimum absolute atomic E-state index is 0.500. The van der Waals surface area contributed by atoms with E-state index in [4.69, 9.17) is 4.52 Å². The highest BCUT2D eigenvalue weighted by Crippen LogP contribution is 2.29. The van der Waals surface area contributed by atoms with Crippen molar-refractivity contribution >= 4 is 11.0 Å². The third-order valence-electron chi connectivity index (χ3n) is 3.21. The molecular weight excluding hydrogens is 222 g/mol. The van der Waals surface area contributed by atoms with E-state index in [1.807, 2.05) is 30.3 Å². The number of fused-ring (bicyclic) bond motifs is 1. The molecule has 2 aromatic carbocycles. The topological polar surface area (TPSA) is 26.0 Å². The van der Waals surface area contributed by atoms with Crippen molar-refractivity contribution in [2.75, 3.05) is 0 Å². The lowest BCUT2D eigenvalue weighted by Crippen LogP contribution is -1.85. The summed E-state index contributed by atoms with van der Waals surface area (Å²) >= 11 is 0. The second-order valence-corrected chi connectivity index (χ2v) is 4.81. The maximum absolute atomic E-state index is 5.44. The first kappa shape index (κ1) is 11.0. The van der Waals surface area contributed by atoms with Gasteiger partial charge >= 0.3 is 0 Å². The van der Waals surface area contributed by atoms with E-state index < -0.39 is 0 Å². The largest absolute Gasteiger partial charge is 0.356 e. The van der Waals surface area contributed by atoms with Crippen molar-refractivity contribution in [2.45, 2.75) is 19.8 Å². The molecule has 18 heavy (non-hydrogen) atoms. The van der Waals surface area contributed by atoms with Gasteiger partial charge in [-0.15, -0.1) is 0 Å². The van der Waals surface area contributed by atoms with Crippen molar-refractivity contribution in [1.29, 1.82) is 0 Å². The summed E-state index contributed by atoms with van der Waals surface area (Å²) in [7, 11) is 0. The normalized spacial score (nSPS) is 11.3. The molecule has 0 amide bonds. The minimum atomic E-state index is 0.500. The zero-order chi connectivity index (χ0) is 12.5. The molecule has 0 spiro atoms. The van der Waals surface area contributed by atoms with Gasteiger partial charge in [-0.1, -0.05) is 55.4 Å². The summed E-state index contributed by atoms with van der Waals surface area (Å²) in [5.41, 5.74) is 4.15. The Morgan fingerprint density at radius 1 is 1.00 bits per heavy atom. The van der Waals surface area contributed by atoms with Gasteiger partial charge in [0.15, 0.2) is 5.58 Å². The van der Waals surface area contributed by atoms with E-state index in [0.717, 1.165) is 22.2 Å². The highest BCUT2D eigenvalue weighted by atomic mass is 16.5. The fraction of sp³-hybridized carbons (Fsp3) is 0.188. The number of rotatable bonds is 2. The molecule has 1 heterocycles. The third kappa shape index (κ3) is 1.80. The third-order valence-corrected chi connectivity index (χ3v) is 3.21. The molecule has 0 N–H and O–H groups in total. The predicted octanol–water partition coefficient (Wildman–Crippen LogP) is 4.62. The van der Waals surface area contributed by atoms with Crippen LogP contribution >= 0.6 is 0 Å². The SMILES string of the molecule is CC(C)c1ccc2c(-c3ccccc3)noc2c1. The first-order chi connectivity index (χ1) is 8.75. The summed E-state index contributed by atoms with van der Waals surface area (Å²) in [4.78, 5) is 0. The van der Waals surface area contributed by atoms with Crippen LogP contribution in [0.1, 0.15) is 25.3 Å². The Morgan fingerprint density at radius 2 is 1.78 bits per heavy atom. The highest BCUT2D eigenvalue weighted by molar-refractivity contribution is 5.91. The standard InChI is InChI=1S/C16H15NO/c1-11(2)13-8-9-14-15(10-13)18-17-16(14)12-6-4-3-5-7-12/h3-11H,1-2H3. The fourth-order valence-corrected chi connectivity index (χ4v) is 2.12. The van der Waals surface area contributed by atoms with Crippen LogP contribution in [-0.2, 0) is 0 Å². The van der Waals surface area contributed by atoms with Crippen molar-refractivity contribution in [2.24, 2.45) is 0 Å². The van der Waals surface area contributed by atoms with E-state index in [2.05, 4.69) is 37.2 Å². The van der Waals surface area contributed by atoms with E-state index >= 15 is 0 Å². The summed E-state index contributed by atoms with van der Waals surface area (Å²) in [6, 6.07) is 16.5. The van der Waals surface area contributed by atoms with Gasteiger partial charge < -0.3 is 4.52 Å². The molecule has 0 aliphatic rings. The Labute approximate surface area is 106 Å². The van der Waals surface area contributed by atoms with E-state index in [9.17, 15) is 0 Å². The lowest BCUT2D eigenvalue weighted by Gasteiger charge is -2.03. The molecular formula is C16H15NO. The van der Waals surface area contributed by atoms with Crippen molar-refractivity contribution in [3.05, 3.63) is 54.1 Å². The van der Waals surface area contributed by atoms with Crippen LogP contribution in [0.25, 0.3) is 22.2 Å². The van der Waals surface area contributed by atoms with Crippen molar-refractivity contribution < 1.29 is 4.52 Å². The van der Waals surface area contributed by atoms with Crippen LogP contribution in [0.2, 0.25) is 0 Å². The van der Waals surface area contributed by atoms with E-state index in [0.29, 0.717) is 5.92 Å². The zero-order valence-corrected chi connectivity index (χ0v) is 10.6. The van der Waals surface area contributed by atoms with Gasteiger partial charge in [0.05, 0.1) is 0 Å². The number of nitrogens with zero attached hydrogens (tertiary/aromatic N) is 1. The molecule has 0 atom stereocenters. The van der Waals surface area contributed by atoms with Gasteiger partial charge in [-0.25, -0.2) is 0 Å². The van der Waals surface area contributed by atoms with Gasteiger partial charge in [0.1, 0.15) is 5.69 Å². The monoisotopic (exact) mass is 237 g/mol. The van der Waals surface area contributed by atoms with Gasteiger partial charge in [-0.05, 0) is 23.6 Å². The summed E-state index contributed by atoms with van der Waals surface area (Å²) < 4.78 is 5.44. The van der Waals surface area contributed by atoms with Crippen molar-refractivity contribution in [3.8, 4) is 11.3 Å². The Hall–Kier alpha value is -2.09. The summed E-state index contributed by atoms with van der Waals surface area (Å²) in [6.45, 7) is 4.35. The van der Waals surface area contributed by atoms with Crippen molar-refractivity contribution in [3.63, 3.8) is 0 Å². The van der Waals surface area contributed by atoms with Gasteiger partial charge in [0.2, 0.25) is 0 Å². The Bertz CT molecular complexity index is 668. The minimum Gasteiger partial charge on any atom is -0.356 e. The summed E-state index contributed by atoms with van der Waals surface area (Å²) in [6.07, 6.45) is 0. The van der Waals surface area contributed by atoms with Gasteiger partial charge in [0, 0.05) is 10.9 Å². The molecule has 0 bridgehead atoms. The molecule has 3 rings (SSSR count). The molecule has 0 unspecified atom stereocenters. The molecule has 0 aliphatic carbocycles. The molecule has 3 aromatic rings. The van der Waals surface area contributed by atoms with Crippen LogP contribution in [0.5, 0.6) is 0 Å². The Balaban J connectivity index is 2.16. The number of hydrogen-bond acceptors (Lipinski definition) is 2. The lowest BCUT2D eigenvalue weighted by atomic mass is 10.0. The summed E-state index contributed by atoms with van der Waals surface area (Å²) in [5.74, 6) is 0.500. The van der Waals surface area contributed by atoms with Gasteiger partial charge in [-0.3, -0.25) is 0 Å². The van der Waals surface area contributed by atoms with Gasteiger partial charge in [-0.2, -0.15) is 0 Å². The lowest BCUT2D eigenvalue weighted by molar-refractivity contribution is 0.459. The fourth-order valence-electron chi connectivity index (χ4n) is 2.12.